The Morgan fingerprint density at radius 2 is 2.23 bits per heavy atom. The van der Waals surface area contributed by atoms with Gasteiger partial charge in [0.2, 0.25) is 0 Å². The van der Waals surface area contributed by atoms with Crippen LogP contribution in [0.1, 0.15) is 20.7 Å². The maximum atomic E-state index is 11.2. The summed E-state index contributed by atoms with van der Waals surface area (Å²) in [7, 11) is 0. The van der Waals surface area contributed by atoms with E-state index in [9.17, 15) is 9.59 Å². The standard InChI is InChI=1S/C9H8INO2/c10-4-9(13)6-1-2-7(5-12)8(11)3-6/h1-3,5H,4,11H2. The molecule has 0 saturated carbocycles. The van der Waals surface area contributed by atoms with E-state index >= 15 is 0 Å². The first-order chi connectivity index (χ1) is 6.19. The molecule has 68 valence electrons. The number of rotatable bonds is 3. The van der Waals surface area contributed by atoms with Crippen LogP contribution in [0.25, 0.3) is 0 Å². The molecule has 0 aliphatic heterocycles. The van der Waals surface area contributed by atoms with E-state index in [1.807, 2.05) is 22.6 Å². The SMILES string of the molecule is Nc1cc(C(=O)CI)ccc1C=O. The van der Waals surface area contributed by atoms with Gasteiger partial charge < -0.3 is 5.73 Å². The molecule has 1 aromatic carbocycles. The van der Waals surface area contributed by atoms with Crippen molar-refractivity contribution in [1.29, 1.82) is 0 Å². The van der Waals surface area contributed by atoms with Gasteiger partial charge in [-0.3, -0.25) is 9.59 Å². The van der Waals surface area contributed by atoms with Crippen molar-refractivity contribution in [2.24, 2.45) is 0 Å². The summed E-state index contributed by atoms with van der Waals surface area (Å²) < 4.78 is 0.414. The van der Waals surface area contributed by atoms with Crippen LogP contribution in [0.2, 0.25) is 0 Å². The second-order valence-electron chi connectivity index (χ2n) is 2.52. The second-order valence-corrected chi connectivity index (χ2v) is 3.28. The normalized spacial score (nSPS) is 9.62. The van der Waals surface area contributed by atoms with Gasteiger partial charge in [-0.05, 0) is 12.1 Å². The van der Waals surface area contributed by atoms with Crippen LogP contribution < -0.4 is 5.73 Å². The van der Waals surface area contributed by atoms with E-state index in [1.54, 1.807) is 12.1 Å². The minimum absolute atomic E-state index is 0.0183. The lowest BCUT2D eigenvalue weighted by Gasteiger charge is -2.01. The summed E-state index contributed by atoms with van der Waals surface area (Å²) >= 11 is 1.99. The van der Waals surface area contributed by atoms with Gasteiger partial charge in [-0.1, -0.05) is 28.7 Å². The van der Waals surface area contributed by atoms with Crippen molar-refractivity contribution in [3.63, 3.8) is 0 Å². The fourth-order valence-corrected chi connectivity index (χ4v) is 1.37. The maximum Gasteiger partial charge on any atom is 0.172 e. The number of carbonyl (C=O) groups excluding carboxylic acids is 2. The van der Waals surface area contributed by atoms with Crippen molar-refractivity contribution < 1.29 is 9.59 Å². The van der Waals surface area contributed by atoms with Gasteiger partial charge >= 0.3 is 0 Å². The van der Waals surface area contributed by atoms with Crippen LogP contribution in [-0.2, 0) is 0 Å². The number of alkyl halides is 1. The molecule has 0 saturated heterocycles. The predicted octanol–water partition coefficient (Wildman–Crippen LogP) is 1.70. The van der Waals surface area contributed by atoms with Crippen molar-refractivity contribution in [3.05, 3.63) is 29.3 Å². The molecule has 0 aromatic heterocycles. The highest BCUT2D eigenvalue weighted by Crippen LogP contribution is 2.13. The summed E-state index contributed by atoms with van der Waals surface area (Å²) in [6, 6.07) is 4.70. The Kier molecular flexibility index (Phi) is 3.41. The Balaban J connectivity index is 3.09. The number of hydrogen-bond acceptors (Lipinski definition) is 3. The average Bonchev–Trinajstić information content (AvgIpc) is 2.16. The summed E-state index contributed by atoms with van der Waals surface area (Å²) in [6.45, 7) is 0. The third-order valence-corrected chi connectivity index (χ3v) is 2.35. The second kappa shape index (κ2) is 4.36. The Morgan fingerprint density at radius 1 is 1.54 bits per heavy atom. The van der Waals surface area contributed by atoms with E-state index in [0.717, 1.165) is 0 Å². The Morgan fingerprint density at radius 3 is 2.69 bits per heavy atom. The number of anilines is 1. The first kappa shape index (κ1) is 10.2. The topological polar surface area (TPSA) is 60.2 Å². The molecule has 1 rings (SSSR count). The molecule has 4 heteroatoms. The number of aldehydes is 1. The smallest absolute Gasteiger partial charge is 0.172 e. The van der Waals surface area contributed by atoms with Crippen LogP contribution in [0.5, 0.6) is 0 Å². The first-order valence-electron chi connectivity index (χ1n) is 3.63. The van der Waals surface area contributed by atoms with E-state index in [1.165, 1.54) is 6.07 Å². The third kappa shape index (κ3) is 2.27. The number of halogens is 1. The van der Waals surface area contributed by atoms with Gasteiger partial charge in [0.1, 0.15) is 0 Å². The lowest BCUT2D eigenvalue weighted by molar-refractivity contribution is 0.102. The van der Waals surface area contributed by atoms with E-state index in [4.69, 9.17) is 5.73 Å². The molecule has 0 aliphatic rings. The lowest BCUT2D eigenvalue weighted by Crippen LogP contribution is -2.02. The van der Waals surface area contributed by atoms with Crippen molar-refractivity contribution in [2.75, 3.05) is 10.2 Å². The predicted molar refractivity (Wildman–Crippen MR) is 59.5 cm³/mol. The van der Waals surface area contributed by atoms with Gasteiger partial charge in [-0.25, -0.2) is 0 Å². The molecular weight excluding hydrogens is 281 g/mol. The minimum atomic E-state index is 0.0183. The van der Waals surface area contributed by atoms with Gasteiger partial charge in [0.25, 0.3) is 0 Å². The Bertz CT molecular complexity index is 349. The number of ketones is 1. The molecule has 0 amide bonds. The molecule has 1 aromatic rings. The molecule has 3 nitrogen and oxygen atoms in total. The van der Waals surface area contributed by atoms with Gasteiger partial charge in [0.05, 0.1) is 4.43 Å². The summed E-state index contributed by atoms with van der Waals surface area (Å²) in [5, 5.41) is 0. The van der Waals surface area contributed by atoms with Gasteiger partial charge in [0, 0.05) is 16.8 Å². The number of nitrogens with two attached hydrogens (primary N) is 1. The number of carbonyl (C=O) groups is 2. The molecule has 0 aliphatic carbocycles. The zero-order chi connectivity index (χ0) is 9.84. The molecule has 0 fully saturated rings. The van der Waals surface area contributed by atoms with Crippen molar-refractivity contribution in [2.45, 2.75) is 0 Å². The number of Topliss-reactive ketones (excluding diaryl/α,β-unsaturated/α-hetero) is 1. The van der Waals surface area contributed by atoms with Crippen LogP contribution in [0.4, 0.5) is 5.69 Å². The first-order valence-corrected chi connectivity index (χ1v) is 5.15. The highest BCUT2D eigenvalue weighted by atomic mass is 127. The molecule has 0 bridgehead atoms. The van der Waals surface area contributed by atoms with E-state index in [-0.39, 0.29) is 5.78 Å². The average molecular weight is 289 g/mol. The van der Waals surface area contributed by atoms with Crippen LogP contribution in [-0.4, -0.2) is 16.5 Å². The number of benzene rings is 1. The fraction of sp³-hybridized carbons (Fsp3) is 0.111. The third-order valence-electron chi connectivity index (χ3n) is 1.66. The summed E-state index contributed by atoms with van der Waals surface area (Å²) in [5.41, 5.74) is 6.87. The van der Waals surface area contributed by atoms with Crippen molar-refractivity contribution >= 4 is 40.3 Å². The molecule has 0 unspecified atom stereocenters. The van der Waals surface area contributed by atoms with E-state index < -0.39 is 0 Å². The molecule has 13 heavy (non-hydrogen) atoms. The Labute approximate surface area is 89.5 Å². The zero-order valence-corrected chi connectivity index (χ0v) is 8.95. The molecule has 0 heterocycles. The summed E-state index contributed by atoms with van der Waals surface area (Å²) in [4.78, 5) is 21.6. The molecule has 0 spiro atoms. The molecule has 0 atom stereocenters. The van der Waals surface area contributed by atoms with Crippen LogP contribution in [0, 0.1) is 0 Å². The van der Waals surface area contributed by atoms with Gasteiger partial charge in [-0.15, -0.1) is 0 Å². The van der Waals surface area contributed by atoms with E-state index in [2.05, 4.69) is 0 Å². The van der Waals surface area contributed by atoms with Crippen LogP contribution in [0.15, 0.2) is 18.2 Å². The van der Waals surface area contributed by atoms with Crippen LogP contribution in [0.3, 0.4) is 0 Å². The van der Waals surface area contributed by atoms with Crippen molar-refractivity contribution in [3.8, 4) is 0 Å². The molecular formula is C9H8INO2. The fourth-order valence-electron chi connectivity index (χ4n) is 0.933. The largest absolute Gasteiger partial charge is 0.398 e. The number of hydrogen-bond donors (Lipinski definition) is 1. The van der Waals surface area contributed by atoms with Gasteiger partial charge in [0.15, 0.2) is 12.1 Å². The summed E-state index contributed by atoms with van der Waals surface area (Å²) in [6.07, 6.45) is 0.674. The zero-order valence-electron chi connectivity index (χ0n) is 6.79. The highest BCUT2D eigenvalue weighted by Gasteiger charge is 2.05. The molecule has 2 N–H and O–H groups in total. The summed E-state index contributed by atoms with van der Waals surface area (Å²) in [5.74, 6) is 0.0183. The lowest BCUT2D eigenvalue weighted by atomic mass is 10.1. The highest BCUT2D eigenvalue weighted by molar-refractivity contribution is 14.1. The van der Waals surface area contributed by atoms with Crippen molar-refractivity contribution in [1.82, 2.24) is 0 Å². The number of nitrogen functional groups attached to an aromatic ring is 1. The van der Waals surface area contributed by atoms with Crippen LogP contribution >= 0.6 is 22.6 Å². The Hall–Kier alpha value is -0.910. The molecule has 0 radical (unpaired) electrons. The minimum Gasteiger partial charge on any atom is -0.398 e. The quantitative estimate of drug-likeness (QED) is 0.303. The monoisotopic (exact) mass is 289 g/mol. The maximum absolute atomic E-state index is 11.2. The van der Waals surface area contributed by atoms with E-state index in [0.29, 0.717) is 27.5 Å². The van der Waals surface area contributed by atoms with Gasteiger partial charge in [-0.2, -0.15) is 0 Å².